The first kappa shape index (κ1) is 18.8. The van der Waals surface area contributed by atoms with Crippen molar-refractivity contribution in [3.05, 3.63) is 41.2 Å². The van der Waals surface area contributed by atoms with Crippen LogP contribution in [-0.4, -0.2) is 25.4 Å². The molecule has 6 nitrogen and oxygen atoms in total. The van der Waals surface area contributed by atoms with Gasteiger partial charge < -0.3 is 5.32 Å². The van der Waals surface area contributed by atoms with Gasteiger partial charge in [-0.15, -0.1) is 11.3 Å². The lowest BCUT2D eigenvalue weighted by Gasteiger charge is -2.11. The Kier molecular flexibility index (Phi) is 5.87. The minimum Gasteiger partial charge on any atom is -0.353 e. The molecule has 0 saturated heterocycles. The number of nitrogens with zero attached hydrogens (tertiary/aromatic N) is 1. The maximum atomic E-state index is 12.9. The standard InChI is InChI=1S/C17H20FN3O3S2/c18-12-5-8-15(9-6-12)26(23,24)21-17-20-14(11-25-17)7-10-16(22)19-13-3-1-2-4-13/h5-6,8-9,11,13H,1-4,7,10H2,(H,19,22)(H,20,21). The highest BCUT2D eigenvalue weighted by atomic mass is 32.2. The van der Waals surface area contributed by atoms with E-state index < -0.39 is 15.8 Å². The second-order valence-electron chi connectivity index (χ2n) is 6.25. The van der Waals surface area contributed by atoms with Gasteiger partial charge >= 0.3 is 0 Å². The topological polar surface area (TPSA) is 88.2 Å². The van der Waals surface area contributed by atoms with Crippen LogP contribution in [0.3, 0.4) is 0 Å². The maximum Gasteiger partial charge on any atom is 0.263 e. The van der Waals surface area contributed by atoms with Crippen LogP contribution in [0.15, 0.2) is 34.5 Å². The molecule has 0 unspecified atom stereocenters. The zero-order chi connectivity index (χ0) is 18.6. The molecule has 1 saturated carbocycles. The molecule has 2 N–H and O–H groups in total. The third kappa shape index (κ3) is 5.01. The van der Waals surface area contributed by atoms with Crippen molar-refractivity contribution in [1.82, 2.24) is 10.3 Å². The molecule has 1 aliphatic carbocycles. The Bertz CT molecular complexity index is 860. The number of anilines is 1. The van der Waals surface area contributed by atoms with Gasteiger partial charge in [0.2, 0.25) is 5.91 Å². The summed E-state index contributed by atoms with van der Waals surface area (Å²) in [6.07, 6.45) is 5.18. The number of carbonyl (C=O) groups is 1. The second-order valence-corrected chi connectivity index (χ2v) is 8.79. The fourth-order valence-corrected chi connectivity index (χ4v) is 4.87. The predicted octanol–water partition coefficient (Wildman–Crippen LogP) is 3.07. The molecule has 1 aromatic heterocycles. The van der Waals surface area contributed by atoms with Crippen LogP contribution in [0.5, 0.6) is 0 Å². The fourth-order valence-electron chi connectivity index (χ4n) is 2.87. The first-order chi connectivity index (χ1) is 12.4. The largest absolute Gasteiger partial charge is 0.353 e. The number of thiazole rings is 1. The van der Waals surface area contributed by atoms with Gasteiger partial charge in [0.25, 0.3) is 10.0 Å². The zero-order valence-corrected chi connectivity index (χ0v) is 15.7. The van der Waals surface area contributed by atoms with Gasteiger partial charge in [0, 0.05) is 17.8 Å². The van der Waals surface area contributed by atoms with E-state index in [0.29, 0.717) is 18.5 Å². The Morgan fingerprint density at radius 1 is 1.23 bits per heavy atom. The summed E-state index contributed by atoms with van der Waals surface area (Å²) >= 11 is 1.15. The van der Waals surface area contributed by atoms with Crippen LogP contribution < -0.4 is 10.0 Å². The number of carbonyl (C=O) groups excluding carboxylic acids is 1. The Labute approximate surface area is 155 Å². The molecule has 3 rings (SSSR count). The molecule has 0 radical (unpaired) electrons. The molecule has 1 aromatic carbocycles. The number of sulfonamides is 1. The lowest BCUT2D eigenvalue weighted by molar-refractivity contribution is -0.121. The maximum absolute atomic E-state index is 12.9. The molecular weight excluding hydrogens is 377 g/mol. The van der Waals surface area contributed by atoms with Crippen molar-refractivity contribution < 1.29 is 17.6 Å². The molecule has 1 fully saturated rings. The van der Waals surface area contributed by atoms with E-state index >= 15 is 0 Å². The van der Waals surface area contributed by atoms with Crippen molar-refractivity contribution in [2.45, 2.75) is 49.5 Å². The fraction of sp³-hybridized carbons (Fsp3) is 0.412. The highest BCUT2D eigenvalue weighted by Gasteiger charge is 2.18. The molecule has 140 valence electrons. The van der Waals surface area contributed by atoms with E-state index in [0.717, 1.165) is 49.2 Å². The summed E-state index contributed by atoms with van der Waals surface area (Å²) in [6, 6.07) is 4.85. The van der Waals surface area contributed by atoms with E-state index in [2.05, 4.69) is 15.0 Å². The predicted molar refractivity (Wildman–Crippen MR) is 98.0 cm³/mol. The van der Waals surface area contributed by atoms with Crippen LogP contribution in [-0.2, 0) is 21.2 Å². The Morgan fingerprint density at radius 3 is 2.62 bits per heavy atom. The molecule has 9 heteroatoms. The average Bonchev–Trinajstić information content (AvgIpc) is 3.25. The SMILES string of the molecule is O=C(CCc1csc(NS(=O)(=O)c2ccc(F)cc2)n1)NC1CCCC1. The van der Waals surface area contributed by atoms with Gasteiger partial charge in [0.05, 0.1) is 10.6 Å². The van der Waals surface area contributed by atoms with E-state index in [9.17, 15) is 17.6 Å². The number of hydrogen-bond donors (Lipinski definition) is 2. The van der Waals surface area contributed by atoms with Crippen LogP contribution >= 0.6 is 11.3 Å². The van der Waals surface area contributed by atoms with Gasteiger partial charge in [0.1, 0.15) is 5.82 Å². The Morgan fingerprint density at radius 2 is 1.92 bits per heavy atom. The quantitative estimate of drug-likeness (QED) is 0.752. The average molecular weight is 397 g/mol. The van der Waals surface area contributed by atoms with E-state index in [1.165, 1.54) is 12.1 Å². The summed E-state index contributed by atoms with van der Waals surface area (Å²) in [5.74, 6) is -0.505. The molecule has 0 spiro atoms. The highest BCUT2D eigenvalue weighted by Crippen LogP contribution is 2.21. The number of benzene rings is 1. The van der Waals surface area contributed by atoms with Crippen molar-refractivity contribution in [2.24, 2.45) is 0 Å². The van der Waals surface area contributed by atoms with Gasteiger partial charge in [-0.25, -0.2) is 17.8 Å². The molecule has 1 amide bonds. The summed E-state index contributed by atoms with van der Waals surface area (Å²) in [7, 11) is -3.81. The molecular formula is C17H20FN3O3S2. The Hall–Kier alpha value is -2.00. The van der Waals surface area contributed by atoms with Crippen LogP contribution in [0.4, 0.5) is 9.52 Å². The number of amides is 1. The van der Waals surface area contributed by atoms with Gasteiger partial charge in [-0.3, -0.25) is 9.52 Å². The summed E-state index contributed by atoms with van der Waals surface area (Å²) in [5.41, 5.74) is 0.661. The highest BCUT2D eigenvalue weighted by molar-refractivity contribution is 7.93. The van der Waals surface area contributed by atoms with Crippen LogP contribution in [0.1, 0.15) is 37.8 Å². The number of halogens is 1. The number of rotatable bonds is 7. The second kappa shape index (κ2) is 8.13. The molecule has 26 heavy (non-hydrogen) atoms. The van der Waals surface area contributed by atoms with Crippen molar-refractivity contribution in [2.75, 3.05) is 4.72 Å². The smallest absolute Gasteiger partial charge is 0.263 e. The van der Waals surface area contributed by atoms with Crippen molar-refractivity contribution in [1.29, 1.82) is 0 Å². The number of aryl methyl sites for hydroxylation is 1. The van der Waals surface area contributed by atoms with E-state index in [-0.39, 0.29) is 22.0 Å². The number of aromatic nitrogens is 1. The molecule has 0 bridgehead atoms. The Balaban J connectivity index is 1.54. The van der Waals surface area contributed by atoms with Gasteiger partial charge in [-0.2, -0.15) is 0 Å². The minimum absolute atomic E-state index is 0.00153. The van der Waals surface area contributed by atoms with Gasteiger partial charge in [0.15, 0.2) is 5.13 Å². The minimum atomic E-state index is -3.81. The third-order valence-corrected chi connectivity index (χ3v) is 6.52. The summed E-state index contributed by atoms with van der Waals surface area (Å²) < 4.78 is 39.8. The van der Waals surface area contributed by atoms with Crippen LogP contribution in [0.2, 0.25) is 0 Å². The molecule has 0 aliphatic heterocycles. The third-order valence-electron chi connectivity index (χ3n) is 4.23. The lowest BCUT2D eigenvalue weighted by atomic mass is 10.2. The summed E-state index contributed by atoms with van der Waals surface area (Å²) in [4.78, 5) is 16.1. The number of hydrogen-bond acceptors (Lipinski definition) is 5. The monoisotopic (exact) mass is 397 g/mol. The van der Waals surface area contributed by atoms with Crippen LogP contribution in [0, 0.1) is 5.82 Å². The van der Waals surface area contributed by atoms with Gasteiger partial charge in [-0.1, -0.05) is 12.8 Å². The van der Waals surface area contributed by atoms with E-state index in [1.54, 1.807) is 5.38 Å². The van der Waals surface area contributed by atoms with E-state index in [1.807, 2.05) is 0 Å². The normalized spacial score (nSPS) is 15.1. The van der Waals surface area contributed by atoms with Crippen molar-refractivity contribution in [3.63, 3.8) is 0 Å². The molecule has 1 aliphatic rings. The van der Waals surface area contributed by atoms with E-state index in [4.69, 9.17) is 0 Å². The molecule has 0 atom stereocenters. The van der Waals surface area contributed by atoms with Gasteiger partial charge in [-0.05, 0) is 43.5 Å². The first-order valence-electron chi connectivity index (χ1n) is 8.44. The summed E-state index contributed by atoms with van der Waals surface area (Å²) in [6.45, 7) is 0. The van der Waals surface area contributed by atoms with Crippen LogP contribution in [0.25, 0.3) is 0 Å². The number of nitrogens with one attached hydrogen (secondary N) is 2. The zero-order valence-electron chi connectivity index (χ0n) is 14.1. The summed E-state index contributed by atoms with van der Waals surface area (Å²) in [5, 5.41) is 4.96. The molecule has 2 aromatic rings. The first-order valence-corrected chi connectivity index (χ1v) is 10.8. The van der Waals surface area contributed by atoms with Crippen molar-refractivity contribution >= 4 is 32.4 Å². The lowest BCUT2D eigenvalue weighted by Crippen LogP contribution is -2.32. The molecule has 1 heterocycles. The van der Waals surface area contributed by atoms with Crippen molar-refractivity contribution in [3.8, 4) is 0 Å².